The third kappa shape index (κ3) is 3.33. The highest BCUT2D eigenvalue weighted by atomic mass is 35.5. The second kappa shape index (κ2) is 6.47. The van der Waals surface area contributed by atoms with Gasteiger partial charge in [0.15, 0.2) is 17.4 Å². The minimum Gasteiger partial charge on any atom is -0.488 e. The molecule has 0 unspecified atom stereocenters. The molecule has 2 rings (SSSR count). The number of ether oxygens (including phenoxy) is 1. The van der Waals surface area contributed by atoms with E-state index in [9.17, 15) is 13.6 Å². The number of nitrogens with one attached hydrogen (secondary N) is 1. The van der Waals surface area contributed by atoms with E-state index in [4.69, 9.17) is 16.3 Å². The van der Waals surface area contributed by atoms with Gasteiger partial charge in [-0.25, -0.2) is 13.9 Å². The van der Waals surface area contributed by atoms with Crippen LogP contribution >= 0.6 is 11.6 Å². The number of hydrogen-bond donors (Lipinski definition) is 1. The molecule has 0 aliphatic rings. The van der Waals surface area contributed by atoms with Crippen molar-refractivity contribution in [1.29, 1.82) is 0 Å². The zero-order chi connectivity index (χ0) is 14.5. The summed E-state index contributed by atoms with van der Waals surface area (Å²) in [5.41, 5.74) is 0.0753. The SMILES string of the molecule is O=c1ccc(-c2cc(F)c(OCCCCl)c(F)c2)n[nH]1. The fraction of sp³-hybridized carbons (Fsp3) is 0.231. The Balaban J connectivity index is 2.29. The van der Waals surface area contributed by atoms with E-state index in [0.29, 0.717) is 12.3 Å². The number of nitrogens with zero attached hydrogens (tertiary/aromatic N) is 1. The van der Waals surface area contributed by atoms with Gasteiger partial charge in [0.05, 0.1) is 12.3 Å². The first-order valence-electron chi connectivity index (χ1n) is 5.85. The van der Waals surface area contributed by atoms with Gasteiger partial charge in [0, 0.05) is 17.5 Å². The van der Waals surface area contributed by atoms with Crippen molar-refractivity contribution in [2.75, 3.05) is 12.5 Å². The lowest BCUT2D eigenvalue weighted by atomic mass is 10.1. The van der Waals surface area contributed by atoms with Gasteiger partial charge in [0.2, 0.25) is 0 Å². The van der Waals surface area contributed by atoms with Gasteiger partial charge >= 0.3 is 0 Å². The minimum absolute atomic E-state index is 0.133. The van der Waals surface area contributed by atoms with E-state index in [-0.39, 0.29) is 17.9 Å². The van der Waals surface area contributed by atoms with Gasteiger partial charge in [0.1, 0.15) is 0 Å². The number of rotatable bonds is 5. The first-order chi connectivity index (χ1) is 9.61. The van der Waals surface area contributed by atoms with Crippen LogP contribution in [-0.4, -0.2) is 22.7 Å². The summed E-state index contributed by atoms with van der Waals surface area (Å²) in [5.74, 6) is -1.75. The van der Waals surface area contributed by atoms with Gasteiger partial charge in [-0.15, -0.1) is 11.6 Å². The Labute approximate surface area is 118 Å². The molecule has 1 heterocycles. The molecule has 2 aromatic rings. The molecule has 1 N–H and O–H groups in total. The highest BCUT2D eigenvalue weighted by molar-refractivity contribution is 6.17. The smallest absolute Gasteiger partial charge is 0.264 e. The molecular weight excluding hydrogens is 290 g/mol. The highest BCUT2D eigenvalue weighted by Crippen LogP contribution is 2.27. The van der Waals surface area contributed by atoms with Gasteiger partial charge < -0.3 is 4.74 Å². The normalized spacial score (nSPS) is 10.6. The van der Waals surface area contributed by atoms with Gasteiger partial charge in [-0.3, -0.25) is 4.79 Å². The van der Waals surface area contributed by atoms with Gasteiger partial charge in [-0.1, -0.05) is 0 Å². The third-order valence-electron chi connectivity index (χ3n) is 2.50. The molecule has 1 aromatic heterocycles. The Morgan fingerprint density at radius 3 is 2.50 bits per heavy atom. The van der Waals surface area contributed by atoms with Crippen LogP contribution in [0.2, 0.25) is 0 Å². The van der Waals surface area contributed by atoms with Crippen molar-refractivity contribution in [2.24, 2.45) is 0 Å². The second-order valence-corrected chi connectivity index (χ2v) is 4.34. The number of hydrogen-bond acceptors (Lipinski definition) is 3. The van der Waals surface area contributed by atoms with E-state index in [0.717, 1.165) is 12.1 Å². The van der Waals surface area contributed by atoms with E-state index >= 15 is 0 Å². The maximum Gasteiger partial charge on any atom is 0.264 e. The van der Waals surface area contributed by atoms with Gasteiger partial charge in [0.25, 0.3) is 5.56 Å². The predicted octanol–water partition coefficient (Wildman–Crippen LogP) is 2.72. The summed E-state index contributed by atoms with van der Waals surface area (Å²) in [6.07, 6.45) is 0.490. The van der Waals surface area contributed by atoms with Crippen LogP contribution in [0.3, 0.4) is 0 Å². The number of aromatic nitrogens is 2. The molecule has 4 nitrogen and oxygen atoms in total. The highest BCUT2D eigenvalue weighted by Gasteiger charge is 2.14. The molecule has 20 heavy (non-hydrogen) atoms. The lowest BCUT2D eigenvalue weighted by molar-refractivity contribution is 0.285. The third-order valence-corrected chi connectivity index (χ3v) is 2.76. The number of aromatic amines is 1. The summed E-state index contributed by atoms with van der Waals surface area (Å²) < 4.78 is 32.6. The molecule has 1 aromatic carbocycles. The first-order valence-corrected chi connectivity index (χ1v) is 6.39. The average molecular weight is 301 g/mol. The van der Waals surface area contributed by atoms with Crippen LogP contribution in [0.4, 0.5) is 8.78 Å². The molecule has 0 aliphatic heterocycles. The van der Waals surface area contributed by atoms with Crippen LogP contribution in [-0.2, 0) is 0 Å². The van der Waals surface area contributed by atoms with E-state index in [1.807, 2.05) is 0 Å². The maximum atomic E-state index is 13.8. The van der Waals surface area contributed by atoms with E-state index in [1.54, 1.807) is 0 Å². The second-order valence-electron chi connectivity index (χ2n) is 3.97. The van der Waals surface area contributed by atoms with Crippen LogP contribution < -0.4 is 10.3 Å². The van der Waals surface area contributed by atoms with Gasteiger partial charge in [-0.05, 0) is 24.6 Å². The standard InChI is InChI=1S/C13H11ClF2N2O2/c14-4-1-5-20-13-9(15)6-8(7-10(13)16)11-2-3-12(19)18-17-11/h2-3,6-7H,1,4-5H2,(H,18,19). The minimum atomic E-state index is -0.831. The van der Waals surface area contributed by atoms with E-state index in [2.05, 4.69) is 10.2 Å². The van der Waals surface area contributed by atoms with Crippen LogP contribution in [0, 0.1) is 11.6 Å². The summed E-state index contributed by atoms with van der Waals surface area (Å²) in [6, 6.07) is 4.80. The van der Waals surface area contributed by atoms with E-state index < -0.39 is 22.9 Å². The number of benzene rings is 1. The van der Waals surface area contributed by atoms with Crippen molar-refractivity contribution < 1.29 is 13.5 Å². The fourth-order valence-corrected chi connectivity index (χ4v) is 1.69. The zero-order valence-electron chi connectivity index (χ0n) is 10.3. The molecule has 0 spiro atoms. The number of alkyl halides is 1. The van der Waals surface area contributed by atoms with Crippen LogP contribution in [0.1, 0.15) is 6.42 Å². The van der Waals surface area contributed by atoms with Crippen molar-refractivity contribution in [1.82, 2.24) is 10.2 Å². The summed E-state index contributed by atoms with van der Waals surface area (Å²) in [4.78, 5) is 10.9. The molecule has 106 valence electrons. The summed E-state index contributed by atoms with van der Waals surface area (Å²) in [7, 11) is 0. The first kappa shape index (κ1) is 14.5. The molecule has 0 amide bonds. The Hall–Kier alpha value is -1.95. The molecule has 0 atom stereocenters. The molecule has 0 aliphatic carbocycles. The van der Waals surface area contributed by atoms with Crippen molar-refractivity contribution in [3.8, 4) is 17.0 Å². The number of H-pyrrole nitrogens is 1. The summed E-state index contributed by atoms with van der Waals surface area (Å²) in [5, 5.41) is 5.90. The predicted molar refractivity (Wildman–Crippen MR) is 71.0 cm³/mol. The number of halogens is 3. The van der Waals surface area contributed by atoms with Crippen molar-refractivity contribution in [3.05, 3.63) is 46.3 Å². The molecule has 0 fully saturated rings. The monoisotopic (exact) mass is 300 g/mol. The zero-order valence-corrected chi connectivity index (χ0v) is 11.1. The largest absolute Gasteiger partial charge is 0.488 e. The Bertz CT molecular complexity index is 618. The topological polar surface area (TPSA) is 55.0 Å². The van der Waals surface area contributed by atoms with E-state index in [1.165, 1.54) is 12.1 Å². The van der Waals surface area contributed by atoms with Crippen LogP contribution in [0.15, 0.2) is 29.1 Å². The maximum absolute atomic E-state index is 13.8. The quantitative estimate of drug-likeness (QED) is 0.682. The average Bonchev–Trinajstić information content (AvgIpc) is 2.42. The van der Waals surface area contributed by atoms with Crippen LogP contribution in [0.5, 0.6) is 5.75 Å². The van der Waals surface area contributed by atoms with Crippen molar-refractivity contribution >= 4 is 11.6 Å². The molecule has 7 heteroatoms. The van der Waals surface area contributed by atoms with Crippen LogP contribution in [0.25, 0.3) is 11.3 Å². The van der Waals surface area contributed by atoms with Gasteiger partial charge in [-0.2, -0.15) is 5.10 Å². The summed E-state index contributed by atoms with van der Waals surface area (Å²) >= 11 is 5.46. The lowest BCUT2D eigenvalue weighted by Gasteiger charge is -2.09. The molecule has 0 saturated carbocycles. The molecule has 0 radical (unpaired) electrons. The van der Waals surface area contributed by atoms with Crippen molar-refractivity contribution in [3.63, 3.8) is 0 Å². The molecule has 0 saturated heterocycles. The Morgan fingerprint density at radius 2 is 1.95 bits per heavy atom. The molecular formula is C13H11ClF2N2O2. The Kier molecular flexibility index (Phi) is 4.68. The Morgan fingerprint density at radius 1 is 1.25 bits per heavy atom. The van der Waals surface area contributed by atoms with Crippen molar-refractivity contribution in [2.45, 2.75) is 6.42 Å². The summed E-state index contributed by atoms with van der Waals surface area (Å²) in [6.45, 7) is 0.133. The lowest BCUT2D eigenvalue weighted by Crippen LogP contribution is -2.06. The molecule has 0 bridgehead atoms. The fourth-order valence-electron chi connectivity index (χ4n) is 1.58.